The first-order chi connectivity index (χ1) is 26.2. The van der Waals surface area contributed by atoms with E-state index in [1.807, 2.05) is 18.2 Å². The normalized spacial score (nSPS) is 11.4. The molecular weight excluding hydrogens is 645 g/mol. The van der Waals surface area contributed by atoms with Crippen LogP contribution in [0.4, 0.5) is 0 Å². The van der Waals surface area contributed by atoms with Crippen molar-refractivity contribution in [2.24, 2.45) is 0 Å². The van der Waals surface area contributed by atoms with E-state index in [-0.39, 0.29) is 0 Å². The molecule has 0 aliphatic carbocycles. The van der Waals surface area contributed by atoms with Crippen LogP contribution in [0.3, 0.4) is 0 Å². The molecule has 0 radical (unpaired) electrons. The predicted octanol–water partition coefficient (Wildman–Crippen LogP) is 13.5. The van der Waals surface area contributed by atoms with Crippen LogP contribution in [0.15, 0.2) is 199 Å². The van der Waals surface area contributed by atoms with Crippen molar-refractivity contribution in [3.05, 3.63) is 194 Å². The molecule has 2 aromatic heterocycles. The molecule has 0 bridgehead atoms. The summed E-state index contributed by atoms with van der Waals surface area (Å²) in [5, 5.41) is 4.60. The first kappa shape index (κ1) is 30.7. The molecule has 10 rings (SSSR count). The molecule has 0 aliphatic heterocycles. The maximum absolute atomic E-state index is 6.33. The van der Waals surface area contributed by atoms with E-state index < -0.39 is 0 Å². The first-order valence-electron chi connectivity index (χ1n) is 17.9. The average Bonchev–Trinajstić information content (AvgIpc) is 3.62. The summed E-state index contributed by atoms with van der Waals surface area (Å²) < 4.78 is 6.33. The zero-order valence-corrected chi connectivity index (χ0v) is 28.8. The minimum Gasteiger partial charge on any atom is -0.456 e. The quantitative estimate of drug-likeness (QED) is 0.176. The SMILES string of the molecule is c1ccc(-c2cc(-c3ccc4c(c3)oc3ccccc34)cc(-c3cc(-c4ccc5ccccc5c4)nc(-c4ccccc4-c4ccccc4)n3)c2)cc1. The fourth-order valence-electron chi connectivity index (χ4n) is 7.40. The van der Waals surface area contributed by atoms with Gasteiger partial charge in [0, 0.05) is 27.5 Å². The summed E-state index contributed by atoms with van der Waals surface area (Å²) in [6.45, 7) is 0. The lowest BCUT2D eigenvalue weighted by Crippen LogP contribution is -1.98. The van der Waals surface area contributed by atoms with Crippen molar-refractivity contribution >= 4 is 32.7 Å². The van der Waals surface area contributed by atoms with E-state index in [0.717, 1.165) is 83.4 Å². The molecule has 3 heteroatoms. The second kappa shape index (κ2) is 12.9. The summed E-state index contributed by atoms with van der Waals surface area (Å²) in [5.74, 6) is 0.681. The number of furan rings is 1. The van der Waals surface area contributed by atoms with Gasteiger partial charge < -0.3 is 4.42 Å². The number of hydrogen-bond donors (Lipinski definition) is 0. The molecule has 0 N–H and O–H groups in total. The van der Waals surface area contributed by atoms with Gasteiger partial charge in [-0.15, -0.1) is 0 Å². The molecular formula is C50H32N2O. The van der Waals surface area contributed by atoms with E-state index in [1.165, 1.54) is 10.8 Å². The molecule has 0 fully saturated rings. The van der Waals surface area contributed by atoms with E-state index in [0.29, 0.717) is 5.82 Å². The highest BCUT2D eigenvalue weighted by Crippen LogP contribution is 2.38. The zero-order valence-electron chi connectivity index (χ0n) is 28.8. The van der Waals surface area contributed by atoms with Crippen molar-refractivity contribution in [1.29, 1.82) is 0 Å². The van der Waals surface area contributed by atoms with Gasteiger partial charge in [-0.05, 0) is 92.7 Å². The largest absolute Gasteiger partial charge is 0.456 e. The Morgan fingerprint density at radius 1 is 0.302 bits per heavy atom. The van der Waals surface area contributed by atoms with Crippen LogP contribution in [0.2, 0.25) is 0 Å². The van der Waals surface area contributed by atoms with Crippen LogP contribution in [0, 0.1) is 0 Å². The van der Waals surface area contributed by atoms with Crippen molar-refractivity contribution in [3.8, 4) is 67.3 Å². The average molecular weight is 677 g/mol. The minimum absolute atomic E-state index is 0.681. The molecule has 0 spiro atoms. The van der Waals surface area contributed by atoms with Gasteiger partial charge in [0.25, 0.3) is 0 Å². The predicted molar refractivity (Wildman–Crippen MR) is 219 cm³/mol. The fraction of sp³-hybridized carbons (Fsp3) is 0. The lowest BCUT2D eigenvalue weighted by atomic mass is 9.94. The molecule has 3 nitrogen and oxygen atoms in total. The number of fused-ring (bicyclic) bond motifs is 4. The molecule has 0 saturated heterocycles. The van der Waals surface area contributed by atoms with Crippen LogP contribution >= 0.6 is 0 Å². The monoisotopic (exact) mass is 676 g/mol. The fourth-order valence-corrected chi connectivity index (χ4v) is 7.40. The van der Waals surface area contributed by atoms with Gasteiger partial charge in [0.1, 0.15) is 11.2 Å². The number of rotatable bonds is 6. The van der Waals surface area contributed by atoms with Gasteiger partial charge in [-0.25, -0.2) is 9.97 Å². The molecule has 0 atom stereocenters. The van der Waals surface area contributed by atoms with Crippen molar-refractivity contribution in [2.45, 2.75) is 0 Å². The van der Waals surface area contributed by atoms with Crippen LogP contribution in [0.1, 0.15) is 0 Å². The highest BCUT2D eigenvalue weighted by Gasteiger charge is 2.17. The Kier molecular flexibility index (Phi) is 7.47. The van der Waals surface area contributed by atoms with Gasteiger partial charge in [0.15, 0.2) is 5.82 Å². The van der Waals surface area contributed by atoms with Gasteiger partial charge in [0.2, 0.25) is 0 Å². The summed E-state index contributed by atoms with van der Waals surface area (Å²) in [7, 11) is 0. The third-order valence-corrected chi connectivity index (χ3v) is 10.1. The number of para-hydroxylation sites is 1. The van der Waals surface area contributed by atoms with Gasteiger partial charge in [-0.2, -0.15) is 0 Å². The molecule has 0 amide bonds. The van der Waals surface area contributed by atoms with E-state index in [2.05, 4.69) is 176 Å². The summed E-state index contributed by atoms with van der Waals surface area (Å²) >= 11 is 0. The summed E-state index contributed by atoms with van der Waals surface area (Å²) in [6, 6.07) is 68.1. The maximum Gasteiger partial charge on any atom is 0.161 e. The number of aromatic nitrogens is 2. The molecule has 0 unspecified atom stereocenters. The van der Waals surface area contributed by atoms with Crippen molar-refractivity contribution in [1.82, 2.24) is 9.97 Å². The summed E-state index contributed by atoms with van der Waals surface area (Å²) in [5.41, 5.74) is 13.1. The van der Waals surface area contributed by atoms with E-state index in [1.54, 1.807) is 0 Å². The molecule has 0 aliphatic rings. The second-order valence-corrected chi connectivity index (χ2v) is 13.4. The molecule has 10 aromatic rings. The Bertz CT molecular complexity index is 2950. The Balaban J connectivity index is 1.20. The van der Waals surface area contributed by atoms with Gasteiger partial charge in [-0.1, -0.05) is 146 Å². The Morgan fingerprint density at radius 2 is 0.887 bits per heavy atom. The maximum atomic E-state index is 6.33. The van der Waals surface area contributed by atoms with E-state index >= 15 is 0 Å². The topological polar surface area (TPSA) is 38.9 Å². The molecule has 8 aromatic carbocycles. The van der Waals surface area contributed by atoms with Gasteiger partial charge >= 0.3 is 0 Å². The van der Waals surface area contributed by atoms with Crippen molar-refractivity contribution in [3.63, 3.8) is 0 Å². The van der Waals surface area contributed by atoms with E-state index in [4.69, 9.17) is 14.4 Å². The smallest absolute Gasteiger partial charge is 0.161 e. The van der Waals surface area contributed by atoms with Crippen LogP contribution < -0.4 is 0 Å². The van der Waals surface area contributed by atoms with Crippen molar-refractivity contribution < 1.29 is 4.42 Å². The Hall–Kier alpha value is -7.10. The number of benzene rings is 8. The highest BCUT2D eigenvalue weighted by molar-refractivity contribution is 6.06. The van der Waals surface area contributed by atoms with Crippen molar-refractivity contribution in [2.75, 3.05) is 0 Å². The molecule has 2 heterocycles. The number of hydrogen-bond acceptors (Lipinski definition) is 3. The summed E-state index contributed by atoms with van der Waals surface area (Å²) in [6.07, 6.45) is 0. The zero-order chi connectivity index (χ0) is 35.1. The molecule has 53 heavy (non-hydrogen) atoms. The lowest BCUT2D eigenvalue weighted by molar-refractivity contribution is 0.669. The van der Waals surface area contributed by atoms with Gasteiger partial charge in [0.05, 0.1) is 11.4 Å². The number of nitrogens with zero attached hydrogens (tertiary/aromatic N) is 2. The molecule has 248 valence electrons. The lowest BCUT2D eigenvalue weighted by Gasteiger charge is -2.15. The van der Waals surface area contributed by atoms with E-state index in [9.17, 15) is 0 Å². The van der Waals surface area contributed by atoms with Crippen LogP contribution in [0.25, 0.3) is 100.0 Å². The molecule has 0 saturated carbocycles. The highest BCUT2D eigenvalue weighted by atomic mass is 16.3. The van der Waals surface area contributed by atoms with Crippen LogP contribution in [-0.2, 0) is 0 Å². The second-order valence-electron chi connectivity index (χ2n) is 13.4. The minimum atomic E-state index is 0.681. The Morgan fingerprint density at radius 3 is 1.70 bits per heavy atom. The third-order valence-electron chi connectivity index (χ3n) is 10.1. The standard InChI is InChI=1S/C50H32N2O/c1-3-13-33(14-4-1)39-28-40(37-25-26-44-43-20-11-12-22-48(43)53-49(44)31-37)30-41(29-39)47-32-46(38-24-23-34-15-7-8-18-36(34)27-38)51-50(52-47)45-21-10-9-19-42(45)35-16-5-2-6-17-35/h1-32H. The third kappa shape index (κ3) is 5.75. The van der Waals surface area contributed by atoms with Crippen LogP contribution in [-0.4, -0.2) is 9.97 Å². The summed E-state index contributed by atoms with van der Waals surface area (Å²) in [4.78, 5) is 10.7. The van der Waals surface area contributed by atoms with Gasteiger partial charge in [-0.3, -0.25) is 0 Å². The Labute approximate surface area is 307 Å². The first-order valence-corrected chi connectivity index (χ1v) is 17.9. The van der Waals surface area contributed by atoms with Crippen LogP contribution in [0.5, 0.6) is 0 Å².